The van der Waals surface area contributed by atoms with Crippen molar-refractivity contribution in [3.05, 3.63) is 18.2 Å². The molecule has 0 fully saturated rings. The van der Waals surface area contributed by atoms with Crippen molar-refractivity contribution in [2.24, 2.45) is 0 Å². The van der Waals surface area contributed by atoms with Gasteiger partial charge in [0, 0.05) is 17.8 Å². The zero-order valence-electron chi connectivity index (χ0n) is 9.19. The second-order valence-electron chi connectivity index (χ2n) is 3.77. The second-order valence-corrected chi connectivity index (χ2v) is 3.77. The van der Waals surface area contributed by atoms with Crippen LogP contribution < -0.4 is 14.8 Å². The summed E-state index contributed by atoms with van der Waals surface area (Å²) in [5, 5.41) is 11.8. The van der Waals surface area contributed by atoms with Crippen LogP contribution in [0.5, 0.6) is 11.5 Å². The Morgan fingerprint density at radius 2 is 2.12 bits per heavy atom. The van der Waals surface area contributed by atoms with Crippen LogP contribution in [0.15, 0.2) is 18.2 Å². The Morgan fingerprint density at radius 1 is 1.38 bits per heavy atom. The molecule has 0 radical (unpaired) electrons. The average molecular weight is 218 g/mol. The van der Waals surface area contributed by atoms with Gasteiger partial charge in [-0.3, -0.25) is 0 Å². The van der Waals surface area contributed by atoms with Crippen molar-refractivity contribution >= 4 is 5.69 Å². The average Bonchev–Trinajstić information content (AvgIpc) is 2.29. The van der Waals surface area contributed by atoms with Crippen molar-refractivity contribution in [1.29, 1.82) is 5.26 Å². The number of nitrogens with zero attached hydrogens (tertiary/aromatic N) is 1. The highest BCUT2D eigenvalue weighted by Gasteiger charge is 2.12. The van der Waals surface area contributed by atoms with Gasteiger partial charge in [0.15, 0.2) is 11.5 Å². The van der Waals surface area contributed by atoms with Gasteiger partial charge in [0.05, 0.1) is 12.5 Å². The molecule has 1 aromatic carbocycles. The van der Waals surface area contributed by atoms with E-state index in [1.54, 1.807) is 0 Å². The Balaban J connectivity index is 2.08. The molecule has 0 spiro atoms. The largest absolute Gasteiger partial charge is 0.486 e. The molecular weight excluding hydrogens is 204 g/mol. The summed E-state index contributed by atoms with van der Waals surface area (Å²) in [7, 11) is 0. The first kappa shape index (κ1) is 10.6. The van der Waals surface area contributed by atoms with Gasteiger partial charge in [-0.2, -0.15) is 5.26 Å². The lowest BCUT2D eigenvalue weighted by Gasteiger charge is -2.20. The minimum absolute atomic E-state index is 0.132. The highest BCUT2D eigenvalue weighted by molar-refractivity contribution is 5.55. The minimum atomic E-state index is 0.132. The molecule has 0 aromatic heterocycles. The van der Waals surface area contributed by atoms with Crippen LogP contribution in [0.4, 0.5) is 5.69 Å². The lowest BCUT2D eigenvalue weighted by Crippen LogP contribution is -2.17. The number of rotatable bonds is 3. The van der Waals surface area contributed by atoms with E-state index in [9.17, 15) is 0 Å². The first-order valence-electron chi connectivity index (χ1n) is 5.33. The van der Waals surface area contributed by atoms with E-state index in [2.05, 4.69) is 11.4 Å². The van der Waals surface area contributed by atoms with E-state index in [0.29, 0.717) is 19.6 Å². The number of fused-ring (bicyclic) bond motifs is 1. The first-order chi connectivity index (χ1) is 7.79. The maximum atomic E-state index is 8.57. The van der Waals surface area contributed by atoms with E-state index in [4.69, 9.17) is 14.7 Å². The van der Waals surface area contributed by atoms with E-state index in [1.165, 1.54) is 0 Å². The Kier molecular flexibility index (Phi) is 3.16. The molecule has 0 saturated heterocycles. The third kappa shape index (κ3) is 2.37. The Hall–Kier alpha value is -1.89. The predicted octanol–water partition coefficient (Wildman–Crippen LogP) is 2.17. The Labute approximate surface area is 94.8 Å². The molecular formula is C12H14N2O2. The van der Waals surface area contributed by atoms with Crippen molar-refractivity contribution in [3.63, 3.8) is 0 Å². The molecule has 0 aliphatic carbocycles. The zero-order chi connectivity index (χ0) is 11.4. The van der Waals surface area contributed by atoms with Crippen molar-refractivity contribution in [2.45, 2.75) is 19.4 Å². The summed E-state index contributed by atoms with van der Waals surface area (Å²) in [5.41, 5.74) is 0.951. The van der Waals surface area contributed by atoms with Gasteiger partial charge in [0.1, 0.15) is 13.2 Å². The summed E-state index contributed by atoms with van der Waals surface area (Å²) in [6.07, 6.45) is 0.481. The predicted molar refractivity (Wildman–Crippen MR) is 60.7 cm³/mol. The van der Waals surface area contributed by atoms with Crippen LogP contribution in [0.2, 0.25) is 0 Å². The highest BCUT2D eigenvalue weighted by Crippen LogP contribution is 2.32. The van der Waals surface area contributed by atoms with E-state index < -0.39 is 0 Å². The van der Waals surface area contributed by atoms with Gasteiger partial charge in [-0.15, -0.1) is 0 Å². The molecule has 1 atom stereocenters. The molecule has 16 heavy (non-hydrogen) atoms. The number of ether oxygens (including phenoxy) is 2. The van der Waals surface area contributed by atoms with Gasteiger partial charge in [-0.25, -0.2) is 0 Å². The molecule has 0 saturated carbocycles. The maximum Gasteiger partial charge on any atom is 0.163 e. The minimum Gasteiger partial charge on any atom is -0.486 e. The van der Waals surface area contributed by atoms with Crippen molar-refractivity contribution in [2.75, 3.05) is 18.5 Å². The monoisotopic (exact) mass is 218 g/mol. The fourth-order valence-electron chi connectivity index (χ4n) is 1.61. The molecule has 0 bridgehead atoms. The number of benzene rings is 1. The van der Waals surface area contributed by atoms with Crippen LogP contribution >= 0.6 is 0 Å². The number of nitriles is 1. The number of hydrogen-bond donors (Lipinski definition) is 1. The van der Waals surface area contributed by atoms with Crippen LogP contribution in [0.1, 0.15) is 13.3 Å². The van der Waals surface area contributed by atoms with Crippen molar-refractivity contribution in [1.82, 2.24) is 0 Å². The number of anilines is 1. The van der Waals surface area contributed by atoms with Crippen molar-refractivity contribution < 1.29 is 9.47 Å². The van der Waals surface area contributed by atoms with E-state index in [0.717, 1.165) is 17.2 Å². The lowest BCUT2D eigenvalue weighted by atomic mass is 10.2. The molecule has 1 unspecified atom stereocenters. The van der Waals surface area contributed by atoms with E-state index >= 15 is 0 Å². The van der Waals surface area contributed by atoms with Gasteiger partial charge < -0.3 is 14.8 Å². The molecule has 2 rings (SSSR count). The Morgan fingerprint density at radius 3 is 2.88 bits per heavy atom. The summed E-state index contributed by atoms with van der Waals surface area (Å²) < 4.78 is 10.9. The molecule has 1 heterocycles. The smallest absolute Gasteiger partial charge is 0.163 e. The normalized spacial score (nSPS) is 15.0. The summed E-state index contributed by atoms with van der Waals surface area (Å²) in [5.74, 6) is 1.55. The molecule has 1 aromatic rings. The fraction of sp³-hybridized carbons (Fsp3) is 0.417. The number of hydrogen-bond acceptors (Lipinski definition) is 4. The van der Waals surface area contributed by atoms with Crippen molar-refractivity contribution in [3.8, 4) is 17.6 Å². The summed E-state index contributed by atoms with van der Waals surface area (Å²) >= 11 is 0. The summed E-state index contributed by atoms with van der Waals surface area (Å²) in [4.78, 5) is 0. The van der Waals surface area contributed by atoms with Crippen LogP contribution in [0.25, 0.3) is 0 Å². The first-order valence-corrected chi connectivity index (χ1v) is 5.33. The topological polar surface area (TPSA) is 54.3 Å². The number of nitrogens with one attached hydrogen (secondary N) is 1. The molecule has 4 heteroatoms. The van der Waals surface area contributed by atoms with Crippen LogP contribution in [-0.2, 0) is 0 Å². The molecule has 84 valence electrons. The van der Waals surface area contributed by atoms with Gasteiger partial charge in [0.2, 0.25) is 0 Å². The second kappa shape index (κ2) is 4.75. The molecule has 1 N–H and O–H groups in total. The standard InChI is InChI=1S/C12H14N2O2/c1-9(4-5-13)14-10-2-3-11-12(8-10)16-7-6-15-11/h2-3,8-9,14H,4,6-7H2,1H3. The Bertz CT molecular complexity index is 412. The third-order valence-electron chi connectivity index (χ3n) is 2.35. The quantitative estimate of drug-likeness (QED) is 0.844. The molecule has 1 aliphatic heterocycles. The van der Waals surface area contributed by atoms with Gasteiger partial charge in [-0.1, -0.05) is 0 Å². The fourth-order valence-corrected chi connectivity index (χ4v) is 1.61. The molecule has 4 nitrogen and oxygen atoms in total. The van der Waals surface area contributed by atoms with Gasteiger partial charge in [-0.05, 0) is 19.1 Å². The van der Waals surface area contributed by atoms with E-state index in [1.807, 2.05) is 25.1 Å². The van der Waals surface area contributed by atoms with E-state index in [-0.39, 0.29) is 6.04 Å². The summed E-state index contributed by atoms with van der Waals surface area (Å²) in [6, 6.07) is 7.99. The van der Waals surface area contributed by atoms with Crippen LogP contribution in [0, 0.1) is 11.3 Å². The van der Waals surface area contributed by atoms with Gasteiger partial charge >= 0.3 is 0 Å². The van der Waals surface area contributed by atoms with Gasteiger partial charge in [0.25, 0.3) is 0 Å². The van der Waals surface area contributed by atoms with Crippen LogP contribution in [0.3, 0.4) is 0 Å². The molecule has 0 amide bonds. The lowest BCUT2D eigenvalue weighted by molar-refractivity contribution is 0.171. The SMILES string of the molecule is CC(CC#N)Nc1ccc2c(c1)OCCO2. The molecule has 1 aliphatic rings. The zero-order valence-corrected chi connectivity index (χ0v) is 9.19. The van der Waals surface area contributed by atoms with Crippen LogP contribution in [-0.4, -0.2) is 19.3 Å². The summed E-state index contributed by atoms with van der Waals surface area (Å²) in [6.45, 7) is 3.16. The highest BCUT2D eigenvalue weighted by atomic mass is 16.6. The third-order valence-corrected chi connectivity index (χ3v) is 2.35. The maximum absolute atomic E-state index is 8.57.